The second-order valence-electron chi connectivity index (χ2n) is 4.10. The molecule has 0 spiro atoms. The summed E-state index contributed by atoms with van der Waals surface area (Å²) in [7, 11) is 1.34. The highest BCUT2D eigenvalue weighted by molar-refractivity contribution is 14.2. The molecule has 1 atom stereocenters. The molecule has 2 rings (SSSR count). The summed E-state index contributed by atoms with van der Waals surface area (Å²) in [6, 6.07) is 7.30. The van der Waals surface area contributed by atoms with E-state index in [0.717, 1.165) is 0 Å². The van der Waals surface area contributed by atoms with Crippen LogP contribution in [0.1, 0.15) is 5.56 Å². The largest absolute Gasteiger partial charge is 0.494 e. The van der Waals surface area contributed by atoms with Gasteiger partial charge in [0.15, 0.2) is 11.6 Å². The highest BCUT2D eigenvalue weighted by Crippen LogP contribution is 2.35. The fourth-order valence-corrected chi connectivity index (χ4v) is 3.14. The van der Waals surface area contributed by atoms with Crippen LogP contribution in [0.4, 0.5) is 14.5 Å². The Morgan fingerprint density at radius 2 is 2.05 bits per heavy atom. The van der Waals surface area contributed by atoms with Crippen LogP contribution in [0.2, 0.25) is 0 Å². The topological polar surface area (TPSA) is 45.1 Å². The van der Waals surface area contributed by atoms with E-state index in [0.29, 0.717) is 23.2 Å². The normalized spacial score (nSPS) is 10.9. The maximum absolute atomic E-state index is 14.3. The minimum atomic E-state index is -0.733. The highest BCUT2D eigenvalue weighted by atomic mass is 127. The van der Waals surface area contributed by atoms with Crippen molar-refractivity contribution in [1.29, 1.82) is 5.41 Å². The Bertz CT molecular complexity index is 682. The monoisotopic (exact) mass is 420 g/mol. The summed E-state index contributed by atoms with van der Waals surface area (Å²) < 4.78 is 33.2. The Balaban J connectivity index is 2.61. The van der Waals surface area contributed by atoms with Crippen LogP contribution in [0.15, 0.2) is 30.3 Å². The molecule has 2 aromatic carbocycles. The highest BCUT2D eigenvalue weighted by Gasteiger charge is 2.17. The lowest BCUT2D eigenvalue weighted by atomic mass is 10.0. The third kappa shape index (κ3) is 3.32. The fraction of sp³-hybridized carbons (Fsp3) is 0.0714. The van der Waals surface area contributed by atoms with E-state index in [-0.39, 0.29) is 11.3 Å². The molecular formula is C14H12F2IN2OP. The number of ether oxygens (including phenoxy) is 1. The summed E-state index contributed by atoms with van der Waals surface area (Å²) in [4.78, 5) is 0. The molecule has 0 amide bonds. The lowest BCUT2D eigenvalue weighted by Gasteiger charge is -2.12. The second kappa shape index (κ2) is 7.13. The molecule has 3 nitrogen and oxygen atoms in total. The van der Waals surface area contributed by atoms with Gasteiger partial charge in [0.1, 0.15) is 5.82 Å². The van der Waals surface area contributed by atoms with Gasteiger partial charge >= 0.3 is 0 Å². The molecule has 7 heteroatoms. The van der Waals surface area contributed by atoms with Crippen LogP contribution < -0.4 is 9.82 Å². The Morgan fingerprint density at radius 1 is 1.29 bits per heavy atom. The van der Waals surface area contributed by atoms with E-state index in [1.165, 1.54) is 25.5 Å². The van der Waals surface area contributed by atoms with Gasteiger partial charge < -0.3 is 15.2 Å². The van der Waals surface area contributed by atoms with Gasteiger partial charge in [0.25, 0.3) is 0 Å². The number of methoxy groups -OCH3 is 1. The van der Waals surface area contributed by atoms with Crippen molar-refractivity contribution in [3.63, 3.8) is 0 Å². The van der Waals surface area contributed by atoms with Crippen LogP contribution in [-0.4, -0.2) is 13.3 Å². The summed E-state index contributed by atoms with van der Waals surface area (Å²) in [6.07, 6.45) is 1.58. The molecule has 0 fully saturated rings. The fourth-order valence-electron chi connectivity index (χ4n) is 1.95. The van der Waals surface area contributed by atoms with Crippen LogP contribution in [0, 0.1) is 17.0 Å². The number of benzene rings is 2. The third-order valence-corrected chi connectivity index (χ3v) is 4.13. The van der Waals surface area contributed by atoms with Crippen LogP contribution in [0.25, 0.3) is 11.1 Å². The molecule has 0 heterocycles. The van der Waals surface area contributed by atoms with E-state index in [2.05, 4.69) is 27.1 Å². The number of rotatable bonds is 5. The molecule has 0 aliphatic rings. The van der Waals surface area contributed by atoms with Gasteiger partial charge in [-0.3, -0.25) is 0 Å². The lowest BCUT2D eigenvalue weighted by molar-refractivity contribution is 0.385. The van der Waals surface area contributed by atoms with Crippen molar-refractivity contribution in [1.82, 2.24) is 0 Å². The standard InChI is InChI=1S/C14H12F2IN2OP/c1-20-12-5-4-10(15)13(14(12)16)8-2-3-9(7-18)11(6-8)19-21-17/h2-7,18-19,21H,1H3. The molecule has 0 radical (unpaired) electrons. The van der Waals surface area contributed by atoms with Gasteiger partial charge in [0.2, 0.25) is 0 Å². The summed E-state index contributed by atoms with van der Waals surface area (Å²) >= 11 is 2.15. The molecule has 110 valence electrons. The van der Waals surface area contributed by atoms with Gasteiger partial charge in [-0.2, -0.15) is 0 Å². The van der Waals surface area contributed by atoms with Gasteiger partial charge in [-0.05, 0) is 45.8 Å². The minimum absolute atomic E-state index is 0.00666. The first-order valence-electron chi connectivity index (χ1n) is 5.91. The Kier molecular flexibility index (Phi) is 5.47. The Hall–Kier alpha value is -1.27. The van der Waals surface area contributed by atoms with E-state index in [4.69, 9.17) is 10.1 Å². The molecule has 0 aliphatic carbocycles. The Labute approximate surface area is 135 Å². The third-order valence-electron chi connectivity index (χ3n) is 2.95. The molecular weight excluding hydrogens is 408 g/mol. The van der Waals surface area contributed by atoms with Crippen molar-refractivity contribution in [2.75, 3.05) is 12.2 Å². The number of halogens is 3. The van der Waals surface area contributed by atoms with Gasteiger partial charge in [-0.25, -0.2) is 8.78 Å². The van der Waals surface area contributed by atoms with Crippen LogP contribution >= 0.6 is 28.4 Å². The molecule has 0 bridgehead atoms. The zero-order chi connectivity index (χ0) is 15.4. The van der Waals surface area contributed by atoms with Crippen LogP contribution in [-0.2, 0) is 0 Å². The van der Waals surface area contributed by atoms with E-state index in [1.54, 1.807) is 18.2 Å². The molecule has 1 unspecified atom stereocenters. The number of hydrogen-bond acceptors (Lipinski definition) is 3. The molecule has 0 saturated heterocycles. The second-order valence-corrected chi connectivity index (χ2v) is 6.16. The van der Waals surface area contributed by atoms with Gasteiger partial charge in [-0.15, -0.1) is 0 Å². The first-order chi connectivity index (χ1) is 10.1. The first-order valence-corrected chi connectivity index (χ1v) is 10.0. The van der Waals surface area contributed by atoms with Gasteiger partial charge in [-0.1, -0.05) is 12.1 Å². The molecule has 0 aliphatic heterocycles. The smallest absolute Gasteiger partial charge is 0.175 e. The van der Waals surface area contributed by atoms with Crippen molar-refractivity contribution < 1.29 is 13.5 Å². The SMILES string of the molecule is COc1ccc(F)c(-c2ccc(C=N)c(NPI)c2)c1F. The van der Waals surface area contributed by atoms with Gasteiger partial charge in [0.05, 0.1) is 12.7 Å². The molecule has 0 saturated carbocycles. The zero-order valence-electron chi connectivity index (χ0n) is 11.0. The summed E-state index contributed by atoms with van der Waals surface area (Å²) in [5, 5.41) is 10.4. The van der Waals surface area contributed by atoms with E-state index in [1.807, 2.05) is 0 Å². The summed E-state index contributed by atoms with van der Waals surface area (Å²) in [5.41, 5.74) is 1.58. The first kappa shape index (κ1) is 16.1. The van der Waals surface area contributed by atoms with Crippen LogP contribution in [0.3, 0.4) is 0 Å². The average Bonchev–Trinajstić information content (AvgIpc) is 2.48. The van der Waals surface area contributed by atoms with Crippen molar-refractivity contribution in [2.45, 2.75) is 0 Å². The van der Waals surface area contributed by atoms with Crippen molar-refractivity contribution >= 4 is 40.3 Å². The summed E-state index contributed by atoms with van der Waals surface area (Å²) in [5.74, 6) is -1.39. The maximum atomic E-state index is 14.3. The number of nitrogens with one attached hydrogen (secondary N) is 2. The average molecular weight is 420 g/mol. The summed E-state index contributed by atoms with van der Waals surface area (Å²) in [6.45, 7) is 0. The minimum Gasteiger partial charge on any atom is -0.494 e. The number of hydrogen-bond donors (Lipinski definition) is 2. The molecule has 21 heavy (non-hydrogen) atoms. The predicted octanol–water partition coefficient (Wildman–Crippen LogP) is 4.99. The molecule has 0 aromatic heterocycles. The molecule has 2 N–H and O–H groups in total. The Morgan fingerprint density at radius 3 is 2.67 bits per heavy atom. The predicted molar refractivity (Wildman–Crippen MR) is 92.2 cm³/mol. The van der Waals surface area contributed by atoms with E-state index >= 15 is 0 Å². The van der Waals surface area contributed by atoms with Crippen molar-refractivity contribution in [3.8, 4) is 16.9 Å². The lowest BCUT2D eigenvalue weighted by Crippen LogP contribution is -1.97. The van der Waals surface area contributed by atoms with E-state index < -0.39 is 11.6 Å². The van der Waals surface area contributed by atoms with Gasteiger partial charge in [0, 0.05) is 23.8 Å². The quantitative estimate of drug-likeness (QED) is 0.407. The van der Waals surface area contributed by atoms with Crippen molar-refractivity contribution in [2.24, 2.45) is 0 Å². The van der Waals surface area contributed by atoms with Crippen LogP contribution in [0.5, 0.6) is 5.75 Å². The van der Waals surface area contributed by atoms with E-state index in [9.17, 15) is 8.78 Å². The number of anilines is 1. The van der Waals surface area contributed by atoms with Crippen molar-refractivity contribution in [3.05, 3.63) is 47.5 Å². The maximum Gasteiger partial charge on any atom is 0.175 e. The zero-order valence-corrected chi connectivity index (χ0v) is 14.2. The molecule has 2 aromatic rings.